The number of nitrogens with one attached hydrogen (secondary N) is 1. The van der Waals surface area contributed by atoms with Crippen molar-refractivity contribution in [2.24, 2.45) is 7.05 Å². The van der Waals surface area contributed by atoms with Crippen molar-refractivity contribution < 1.29 is 17.9 Å². The van der Waals surface area contributed by atoms with Crippen LogP contribution in [-0.2, 0) is 34.6 Å². The molecule has 30 heavy (non-hydrogen) atoms. The number of fused-ring (bicyclic) bond motifs is 3. The van der Waals surface area contributed by atoms with E-state index in [1.54, 1.807) is 0 Å². The van der Waals surface area contributed by atoms with Crippen molar-refractivity contribution in [1.82, 2.24) is 14.8 Å². The largest absolute Gasteiger partial charge is 0.381 e. The van der Waals surface area contributed by atoms with E-state index >= 15 is 0 Å². The van der Waals surface area contributed by atoms with E-state index in [2.05, 4.69) is 21.8 Å². The maximum atomic E-state index is 12.8. The summed E-state index contributed by atoms with van der Waals surface area (Å²) in [5, 5.41) is 4.05. The topological polar surface area (TPSA) is 80.6 Å². The molecule has 0 radical (unpaired) electrons. The number of ether oxygens (including phenoxy) is 1. The Hall–Kier alpha value is -1.90. The van der Waals surface area contributed by atoms with Gasteiger partial charge in [0.2, 0.25) is 0 Å². The van der Waals surface area contributed by atoms with Crippen LogP contribution in [0.4, 0.5) is 0 Å². The molecule has 0 spiro atoms. The number of rotatable bonds is 3. The lowest BCUT2D eigenvalue weighted by atomic mass is 9.99. The molecule has 3 aliphatic heterocycles. The van der Waals surface area contributed by atoms with E-state index in [0.717, 1.165) is 56.5 Å². The smallest absolute Gasteiger partial charge is 0.251 e. The van der Waals surface area contributed by atoms with Crippen LogP contribution in [0.2, 0.25) is 0 Å². The molecule has 0 aliphatic carbocycles. The number of benzene rings is 1. The number of hydrogen-bond donors (Lipinski definition) is 1. The fraction of sp³-hybridized carbons (Fsp3) is 0.591. The van der Waals surface area contributed by atoms with Crippen molar-refractivity contribution in [2.45, 2.75) is 44.3 Å². The molecule has 3 aliphatic rings. The molecule has 7 nitrogen and oxygen atoms in total. The Morgan fingerprint density at radius 1 is 1.20 bits per heavy atom. The van der Waals surface area contributed by atoms with Crippen molar-refractivity contribution >= 4 is 26.6 Å². The fourth-order valence-corrected chi connectivity index (χ4v) is 6.95. The summed E-state index contributed by atoms with van der Waals surface area (Å²) in [5.74, 6) is 0.0150. The van der Waals surface area contributed by atoms with Gasteiger partial charge in [-0.25, -0.2) is 8.42 Å². The Balaban J connectivity index is 1.41. The van der Waals surface area contributed by atoms with E-state index in [-0.39, 0.29) is 23.5 Å². The second-order valence-electron chi connectivity index (χ2n) is 8.85. The molecular formula is C22H29N3O4S. The number of amides is 1. The summed E-state index contributed by atoms with van der Waals surface area (Å²) in [5.41, 5.74) is 4.42. The first kappa shape index (κ1) is 20.0. The van der Waals surface area contributed by atoms with Crippen LogP contribution >= 0.6 is 0 Å². The molecular weight excluding hydrogens is 402 g/mol. The summed E-state index contributed by atoms with van der Waals surface area (Å²) < 4.78 is 31.2. The standard InChI is InChI=1S/C22H29N3O4S/c1-24-20-3-2-15(22(26)23-16-7-11-30(27,28)14-16)12-18(20)19-13-25(8-4-21(19)24)17-5-9-29-10-6-17/h2-3,12,16-17H,4-11,13-14H2,1H3,(H,23,26). The SMILES string of the molecule is Cn1c2c(c3cc(C(=O)NC4CCS(=O)(=O)C4)ccc31)CN(C1CCOCC1)CC2. The molecule has 8 heteroatoms. The van der Waals surface area contributed by atoms with Gasteiger partial charge in [0.05, 0.1) is 11.5 Å². The van der Waals surface area contributed by atoms with Gasteiger partial charge in [0.1, 0.15) is 0 Å². The summed E-state index contributed by atoms with van der Waals surface area (Å²) in [4.78, 5) is 15.4. The molecule has 0 bridgehead atoms. The third kappa shape index (κ3) is 3.65. The van der Waals surface area contributed by atoms with Crippen molar-refractivity contribution in [1.29, 1.82) is 0 Å². The molecule has 2 saturated heterocycles. The van der Waals surface area contributed by atoms with Crippen LogP contribution < -0.4 is 5.32 Å². The number of aromatic nitrogens is 1. The number of hydrogen-bond acceptors (Lipinski definition) is 5. The molecule has 162 valence electrons. The van der Waals surface area contributed by atoms with Gasteiger partial charge in [-0.3, -0.25) is 9.69 Å². The summed E-state index contributed by atoms with van der Waals surface area (Å²) in [6.45, 7) is 3.64. The normalized spacial score (nSPS) is 24.8. The molecule has 1 aromatic carbocycles. The first-order chi connectivity index (χ1) is 14.4. The molecule has 1 unspecified atom stereocenters. The van der Waals surface area contributed by atoms with E-state index in [1.165, 1.54) is 11.3 Å². The average Bonchev–Trinajstić information content (AvgIpc) is 3.24. The van der Waals surface area contributed by atoms with Gasteiger partial charge in [-0.05, 0) is 43.0 Å². The molecule has 1 aromatic heterocycles. The Morgan fingerprint density at radius 2 is 2.00 bits per heavy atom. The van der Waals surface area contributed by atoms with Gasteiger partial charge in [0.15, 0.2) is 9.84 Å². The van der Waals surface area contributed by atoms with Gasteiger partial charge in [0, 0.05) is 74.0 Å². The quantitative estimate of drug-likeness (QED) is 0.799. The molecule has 1 N–H and O–H groups in total. The first-order valence-electron chi connectivity index (χ1n) is 10.8. The second kappa shape index (κ2) is 7.66. The lowest BCUT2D eigenvalue weighted by Crippen LogP contribution is -2.42. The molecule has 0 saturated carbocycles. The van der Waals surface area contributed by atoms with Crippen molar-refractivity contribution in [3.8, 4) is 0 Å². The zero-order valence-electron chi connectivity index (χ0n) is 17.4. The van der Waals surface area contributed by atoms with Crippen LogP contribution in [0.5, 0.6) is 0 Å². The van der Waals surface area contributed by atoms with Gasteiger partial charge in [0.25, 0.3) is 5.91 Å². The zero-order valence-corrected chi connectivity index (χ0v) is 18.2. The van der Waals surface area contributed by atoms with Gasteiger partial charge < -0.3 is 14.6 Å². The van der Waals surface area contributed by atoms with Crippen molar-refractivity contribution in [2.75, 3.05) is 31.3 Å². The maximum Gasteiger partial charge on any atom is 0.251 e. The van der Waals surface area contributed by atoms with E-state index < -0.39 is 9.84 Å². The number of nitrogens with zero attached hydrogens (tertiary/aromatic N) is 2. The zero-order chi connectivity index (χ0) is 20.9. The highest BCUT2D eigenvalue weighted by molar-refractivity contribution is 7.91. The number of carbonyl (C=O) groups is 1. The highest BCUT2D eigenvalue weighted by Crippen LogP contribution is 2.33. The van der Waals surface area contributed by atoms with Gasteiger partial charge >= 0.3 is 0 Å². The summed E-state index contributed by atoms with van der Waals surface area (Å²) in [6.07, 6.45) is 3.67. The third-order valence-corrected chi connectivity index (χ3v) is 8.74. The minimum Gasteiger partial charge on any atom is -0.381 e. The average molecular weight is 432 g/mol. The fourth-order valence-electron chi connectivity index (χ4n) is 5.28. The minimum atomic E-state index is -3.02. The van der Waals surface area contributed by atoms with E-state index in [0.29, 0.717) is 18.0 Å². The molecule has 4 heterocycles. The van der Waals surface area contributed by atoms with E-state index in [1.807, 2.05) is 18.2 Å². The summed E-state index contributed by atoms with van der Waals surface area (Å²) in [7, 11) is -0.911. The van der Waals surface area contributed by atoms with Gasteiger partial charge in [-0.1, -0.05) is 0 Å². The van der Waals surface area contributed by atoms with Crippen LogP contribution in [0.1, 0.15) is 40.9 Å². The van der Waals surface area contributed by atoms with E-state index in [9.17, 15) is 13.2 Å². The van der Waals surface area contributed by atoms with Gasteiger partial charge in [-0.2, -0.15) is 0 Å². The van der Waals surface area contributed by atoms with Crippen LogP contribution in [0.15, 0.2) is 18.2 Å². The Morgan fingerprint density at radius 3 is 2.73 bits per heavy atom. The van der Waals surface area contributed by atoms with Crippen LogP contribution in [-0.4, -0.2) is 67.1 Å². The second-order valence-corrected chi connectivity index (χ2v) is 11.1. The first-order valence-corrected chi connectivity index (χ1v) is 12.7. The monoisotopic (exact) mass is 431 g/mol. The lowest BCUT2D eigenvalue weighted by Gasteiger charge is -2.37. The molecule has 1 amide bonds. The van der Waals surface area contributed by atoms with Crippen LogP contribution in [0, 0.1) is 0 Å². The number of sulfone groups is 1. The van der Waals surface area contributed by atoms with Crippen LogP contribution in [0.3, 0.4) is 0 Å². The molecule has 2 aromatic rings. The third-order valence-electron chi connectivity index (χ3n) is 6.97. The highest BCUT2D eigenvalue weighted by atomic mass is 32.2. The highest BCUT2D eigenvalue weighted by Gasteiger charge is 2.31. The summed E-state index contributed by atoms with van der Waals surface area (Å²) >= 11 is 0. The number of carbonyl (C=O) groups excluding carboxylic acids is 1. The summed E-state index contributed by atoms with van der Waals surface area (Å²) in [6, 6.07) is 6.14. The predicted molar refractivity (Wildman–Crippen MR) is 115 cm³/mol. The lowest BCUT2D eigenvalue weighted by molar-refractivity contribution is 0.0289. The Kier molecular flexibility index (Phi) is 5.11. The Labute approximate surface area is 177 Å². The molecule has 2 fully saturated rings. The van der Waals surface area contributed by atoms with Gasteiger partial charge in [-0.15, -0.1) is 0 Å². The molecule has 5 rings (SSSR count). The van der Waals surface area contributed by atoms with Crippen molar-refractivity contribution in [3.05, 3.63) is 35.0 Å². The molecule has 1 atom stereocenters. The van der Waals surface area contributed by atoms with Crippen LogP contribution in [0.25, 0.3) is 10.9 Å². The predicted octanol–water partition coefficient (Wildman–Crippen LogP) is 1.63. The minimum absolute atomic E-state index is 0.0434. The number of aryl methyl sites for hydroxylation is 1. The van der Waals surface area contributed by atoms with Crippen molar-refractivity contribution in [3.63, 3.8) is 0 Å². The maximum absolute atomic E-state index is 12.8. The van der Waals surface area contributed by atoms with E-state index in [4.69, 9.17) is 4.74 Å². The Bertz CT molecular complexity index is 1090.